The Morgan fingerprint density at radius 3 is 3.05 bits per heavy atom. The number of hydrogen-bond acceptors (Lipinski definition) is 4. The van der Waals surface area contributed by atoms with E-state index in [-0.39, 0.29) is 13.2 Å². The summed E-state index contributed by atoms with van der Waals surface area (Å²) in [6, 6.07) is 5.30. The van der Waals surface area contributed by atoms with Gasteiger partial charge in [-0.05, 0) is 34.1 Å². The van der Waals surface area contributed by atoms with Crippen LogP contribution in [0, 0.1) is 11.3 Å². The fraction of sp³-hybridized carbons (Fsp3) is 0.154. The van der Waals surface area contributed by atoms with E-state index < -0.39 is 11.9 Å². The summed E-state index contributed by atoms with van der Waals surface area (Å²) in [7, 11) is 0. The number of fused-ring (bicyclic) bond motifs is 1. The van der Waals surface area contributed by atoms with Gasteiger partial charge in [0.2, 0.25) is 0 Å². The molecule has 1 aromatic heterocycles. The van der Waals surface area contributed by atoms with E-state index in [1.165, 1.54) is 6.33 Å². The van der Waals surface area contributed by atoms with Crippen molar-refractivity contribution in [1.29, 1.82) is 5.26 Å². The van der Waals surface area contributed by atoms with Crippen LogP contribution in [0.5, 0.6) is 0 Å². The monoisotopic (exact) mass is 352 g/mol. The third-order valence-electron chi connectivity index (χ3n) is 2.66. The minimum Gasteiger partial charge on any atom is -0.445 e. The van der Waals surface area contributed by atoms with Crippen LogP contribution in [-0.4, -0.2) is 22.3 Å². The molecule has 2 N–H and O–H groups in total. The lowest BCUT2D eigenvalue weighted by molar-refractivity contribution is 0.168. The van der Waals surface area contributed by atoms with Crippen LogP contribution in [0.2, 0.25) is 0 Å². The van der Waals surface area contributed by atoms with Crippen molar-refractivity contribution in [2.45, 2.75) is 6.54 Å². The third kappa shape index (κ3) is 3.58. The fourth-order valence-corrected chi connectivity index (χ4v) is 2.31. The number of carbonyl (C=O) groups excluding carboxylic acids is 1. The number of imidazole rings is 1. The maximum absolute atomic E-state index is 13.7. The topological polar surface area (TPSA) is 93.9 Å². The highest BCUT2D eigenvalue weighted by molar-refractivity contribution is 9.10. The van der Waals surface area contributed by atoms with E-state index in [1.54, 1.807) is 16.7 Å². The molecule has 0 unspecified atom stereocenters. The van der Waals surface area contributed by atoms with Crippen molar-refractivity contribution in [2.75, 3.05) is 6.61 Å². The van der Waals surface area contributed by atoms with Crippen molar-refractivity contribution in [3.8, 4) is 6.07 Å². The van der Waals surface area contributed by atoms with Crippen LogP contribution >= 0.6 is 15.9 Å². The van der Waals surface area contributed by atoms with E-state index >= 15 is 0 Å². The number of nitrogens with zero attached hydrogens (tertiary/aromatic N) is 3. The number of primary amides is 1. The second kappa shape index (κ2) is 6.37. The van der Waals surface area contributed by atoms with E-state index in [2.05, 4.69) is 25.7 Å². The highest BCUT2D eigenvalue weighted by Gasteiger charge is 2.09. The van der Waals surface area contributed by atoms with E-state index in [1.807, 2.05) is 6.07 Å². The maximum atomic E-state index is 13.7. The second-order valence-corrected chi connectivity index (χ2v) is 4.95. The van der Waals surface area contributed by atoms with E-state index in [0.717, 1.165) is 6.08 Å². The van der Waals surface area contributed by atoms with Crippen LogP contribution in [0.15, 0.2) is 34.8 Å². The van der Waals surface area contributed by atoms with Gasteiger partial charge < -0.3 is 15.0 Å². The van der Waals surface area contributed by atoms with Crippen molar-refractivity contribution in [1.82, 2.24) is 9.55 Å². The molecule has 0 saturated carbocycles. The van der Waals surface area contributed by atoms with Gasteiger partial charge in [-0.2, -0.15) is 5.26 Å². The Labute approximate surface area is 127 Å². The highest BCUT2D eigenvalue weighted by atomic mass is 79.9. The zero-order valence-corrected chi connectivity index (χ0v) is 12.3. The number of hydrogen-bond donors (Lipinski definition) is 1. The van der Waals surface area contributed by atoms with Crippen molar-refractivity contribution in [3.63, 3.8) is 0 Å². The molecule has 2 rings (SSSR count). The number of nitriles is 1. The Morgan fingerprint density at radius 1 is 1.62 bits per heavy atom. The van der Waals surface area contributed by atoms with Gasteiger partial charge in [0, 0.05) is 4.47 Å². The summed E-state index contributed by atoms with van der Waals surface area (Å²) < 4.78 is 20.4. The average molecular weight is 353 g/mol. The Hall–Kier alpha value is -2.40. The number of ether oxygens (including phenoxy) is 1. The van der Waals surface area contributed by atoms with Gasteiger partial charge in [-0.15, -0.1) is 0 Å². The van der Waals surface area contributed by atoms with E-state index in [9.17, 15) is 9.18 Å². The van der Waals surface area contributed by atoms with Gasteiger partial charge in [-0.1, -0.05) is 0 Å². The summed E-state index contributed by atoms with van der Waals surface area (Å²) in [5.41, 5.74) is 6.48. The molecule has 108 valence electrons. The molecule has 0 bridgehead atoms. The van der Waals surface area contributed by atoms with Gasteiger partial charge in [0.05, 0.1) is 30.0 Å². The lowest BCUT2D eigenvalue weighted by Crippen LogP contribution is -2.13. The van der Waals surface area contributed by atoms with Crippen LogP contribution in [-0.2, 0) is 11.3 Å². The molecule has 1 aromatic carbocycles. The Bertz CT molecular complexity index is 763. The predicted octanol–water partition coefficient (Wildman–Crippen LogP) is 2.62. The van der Waals surface area contributed by atoms with Gasteiger partial charge in [0.25, 0.3) is 0 Å². The molecular formula is C13H10BrFN4O2. The minimum absolute atomic E-state index is 0.0834. The number of amides is 1. The molecule has 6 nitrogen and oxygen atoms in total. The number of rotatable bonds is 4. The van der Waals surface area contributed by atoms with Crippen molar-refractivity contribution in [2.24, 2.45) is 5.73 Å². The van der Waals surface area contributed by atoms with Gasteiger partial charge in [0.15, 0.2) is 0 Å². The van der Waals surface area contributed by atoms with Crippen molar-refractivity contribution < 1.29 is 13.9 Å². The first-order valence-electron chi connectivity index (χ1n) is 5.82. The zero-order chi connectivity index (χ0) is 15.4. The molecule has 0 radical (unpaired) electrons. The van der Waals surface area contributed by atoms with Crippen molar-refractivity contribution in [3.05, 3.63) is 40.4 Å². The number of benzene rings is 1. The maximum Gasteiger partial charge on any atom is 0.404 e. The van der Waals surface area contributed by atoms with Crippen LogP contribution in [0.1, 0.15) is 5.56 Å². The van der Waals surface area contributed by atoms with Gasteiger partial charge >= 0.3 is 6.09 Å². The molecule has 21 heavy (non-hydrogen) atoms. The molecule has 0 aliphatic heterocycles. The smallest absolute Gasteiger partial charge is 0.404 e. The molecule has 0 saturated heterocycles. The Balaban J connectivity index is 2.25. The molecule has 8 heteroatoms. The average Bonchev–Trinajstić information content (AvgIpc) is 2.82. The third-order valence-corrected chi connectivity index (χ3v) is 3.26. The molecule has 0 aliphatic rings. The quantitative estimate of drug-likeness (QED) is 0.914. The van der Waals surface area contributed by atoms with Crippen LogP contribution in [0.25, 0.3) is 11.0 Å². The minimum atomic E-state index is -0.963. The SMILES string of the molecule is N#Cc1cc(Br)c2ncn(C/C(F)=C/COC(N)=O)c2c1. The molecule has 0 atom stereocenters. The molecule has 1 amide bonds. The number of aromatic nitrogens is 2. The van der Waals surface area contributed by atoms with Crippen molar-refractivity contribution >= 4 is 33.1 Å². The normalized spacial score (nSPS) is 11.4. The van der Waals surface area contributed by atoms with Crippen LogP contribution in [0.4, 0.5) is 9.18 Å². The standard InChI is InChI=1S/C13H10BrFN4O2/c14-10-3-8(5-16)4-11-12(10)18-7-19(11)6-9(15)1-2-21-13(17)20/h1,3-4,7H,2,6H2,(H2,17,20)/b9-1-. The number of halogens is 2. The summed E-state index contributed by atoms with van der Waals surface area (Å²) in [6.07, 6.45) is 1.62. The summed E-state index contributed by atoms with van der Waals surface area (Å²) in [5.74, 6) is -0.506. The first-order valence-corrected chi connectivity index (χ1v) is 6.62. The molecule has 1 heterocycles. The molecule has 0 aliphatic carbocycles. The van der Waals surface area contributed by atoms with Gasteiger partial charge in [-0.25, -0.2) is 14.2 Å². The molecular weight excluding hydrogens is 343 g/mol. The summed E-state index contributed by atoms with van der Waals surface area (Å²) in [5, 5.41) is 8.95. The fourth-order valence-electron chi connectivity index (χ4n) is 1.75. The molecule has 0 spiro atoms. The lowest BCUT2D eigenvalue weighted by Gasteiger charge is -2.03. The molecule has 2 aromatic rings. The van der Waals surface area contributed by atoms with Gasteiger partial charge in [-0.3, -0.25) is 0 Å². The predicted molar refractivity (Wildman–Crippen MR) is 76.9 cm³/mol. The zero-order valence-electron chi connectivity index (χ0n) is 10.7. The Kier molecular flexibility index (Phi) is 4.55. The first-order chi connectivity index (χ1) is 10.0. The molecule has 0 fully saturated rings. The van der Waals surface area contributed by atoms with Crippen LogP contribution in [0.3, 0.4) is 0 Å². The van der Waals surface area contributed by atoms with Crippen LogP contribution < -0.4 is 5.73 Å². The van der Waals surface area contributed by atoms with Gasteiger partial charge in [0.1, 0.15) is 18.0 Å². The number of carbonyl (C=O) groups is 1. The van der Waals surface area contributed by atoms with E-state index in [4.69, 9.17) is 11.0 Å². The summed E-state index contributed by atoms with van der Waals surface area (Å²) in [4.78, 5) is 14.5. The largest absolute Gasteiger partial charge is 0.445 e. The lowest BCUT2D eigenvalue weighted by atomic mass is 10.2. The number of nitrogens with two attached hydrogens (primary N) is 1. The second-order valence-electron chi connectivity index (χ2n) is 4.09. The summed E-state index contributed by atoms with van der Waals surface area (Å²) in [6.45, 7) is -0.319. The summed E-state index contributed by atoms with van der Waals surface area (Å²) >= 11 is 3.32. The van der Waals surface area contributed by atoms with E-state index in [0.29, 0.717) is 21.1 Å². The number of allylic oxidation sites excluding steroid dienone is 1. The first kappa shape index (κ1) is 15.0. The Morgan fingerprint density at radius 2 is 2.38 bits per heavy atom. The highest BCUT2D eigenvalue weighted by Crippen LogP contribution is 2.25.